The zero-order chi connectivity index (χ0) is 11.1. The number of hydrogen-bond donors (Lipinski definition) is 0. The van der Waals surface area contributed by atoms with Gasteiger partial charge in [-0.3, -0.25) is 0 Å². The van der Waals surface area contributed by atoms with Crippen molar-refractivity contribution < 1.29 is 4.74 Å². The second kappa shape index (κ2) is 7.23. The van der Waals surface area contributed by atoms with Gasteiger partial charge in [0, 0.05) is 11.0 Å². The second-order valence-corrected chi connectivity index (χ2v) is 4.99. The Labute approximate surface area is 106 Å². The third kappa shape index (κ3) is 4.98. The van der Waals surface area contributed by atoms with E-state index in [1.54, 1.807) is 0 Å². The molecule has 0 aliphatic rings. The molecule has 0 aromatic heterocycles. The number of rotatable bonds is 6. The van der Waals surface area contributed by atoms with E-state index >= 15 is 0 Å². The van der Waals surface area contributed by atoms with Crippen LogP contribution in [0.5, 0.6) is 0 Å². The van der Waals surface area contributed by atoms with Crippen LogP contribution in [-0.4, -0.2) is 11.0 Å². The summed E-state index contributed by atoms with van der Waals surface area (Å²) in [5, 5.41) is 0. The minimum atomic E-state index is 0.255. The van der Waals surface area contributed by atoms with Gasteiger partial charge >= 0.3 is 0 Å². The summed E-state index contributed by atoms with van der Waals surface area (Å²) in [6.07, 6.45) is 1.39. The van der Waals surface area contributed by atoms with Gasteiger partial charge in [0.1, 0.15) is 0 Å². The number of hydrogen-bond acceptors (Lipinski definition) is 1. The normalized spacial score (nSPS) is 13.1. The van der Waals surface area contributed by atoms with Crippen LogP contribution in [-0.2, 0) is 4.74 Å². The van der Waals surface area contributed by atoms with Crippen LogP contribution in [0.15, 0.2) is 30.3 Å². The zero-order valence-corrected chi connectivity index (χ0v) is 11.6. The van der Waals surface area contributed by atoms with Gasteiger partial charge in [0.2, 0.25) is 0 Å². The predicted molar refractivity (Wildman–Crippen MR) is 73.5 cm³/mol. The Bertz CT molecular complexity index is 258. The van der Waals surface area contributed by atoms with E-state index in [0.29, 0.717) is 0 Å². The highest BCUT2D eigenvalue weighted by Gasteiger charge is 2.09. The van der Waals surface area contributed by atoms with Gasteiger partial charge < -0.3 is 4.74 Å². The Kier molecular flexibility index (Phi) is 6.25. The Morgan fingerprint density at radius 2 is 1.87 bits per heavy atom. The Morgan fingerprint density at radius 3 is 2.40 bits per heavy atom. The van der Waals surface area contributed by atoms with Gasteiger partial charge in [-0.1, -0.05) is 66.8 Å². The summed E-state index contributed by atoms with van der Waals surface area (Å²) in [5.41, 5.74) is 1.29. The molecular weight excluding hydrogens is 299 g/mol. The lowest BCUT2D eigenvalue weighted by molar-refractivity contribution is 0.0633. The molecule has 0 aliphatic carbocycles. The zero-order valence-electron chi connectivity index (χ0n) is 9.45. The monoisotopic (exact) mass is 318 g/mol. The first-order valence-electron chi connectivity index (χ1n) is 5.46. The Balaban J connectivity index is 2.43. The maximum atomic E-state index is 5.88. The van der Waals surface area contributed by atoms with Gasteiger partial charge in [-0.2, -0.15) is 0 Å². The average molecular weight is 318 g/mol. The molecule has 0 saturated heterocycles. The molecule has 2 heteroatoms. The molecule has 0 amide bonds. The molecule has 0 fully saturated rings. The van der Waals surface area contributed by atoms with Crippen LogP contribution >= 0.6 is 22.6 Å². The highest BCUT2D eigenvalue weighted by atomic mass is 127. The topological polar surface area (TPSA) is 9.23 Å². The molecule has 0 N–H and O–H groups in total. The van der Waals surface area contributed by atoms with Crippen LogP contribution < -0.4 is 0 Å². The quantitative estimate of drug-likeness (QED) is 0.563. The molecule has 0 bridgehead atoms. The molecule has 1 rings (SSSR count). The molecule has 1 aromatic rings. The van der Waals surface area contributed by atoms with Crippen molar-refractivity contribution >= 4 is 22.6 Å². The minimum Gasteiger partial charge on any atom is -0.373 e. The van der Waals surface area contributed by atoms with Crippen LogP contribution in [0.3, 0.4) is 0 Å². The summed E-state index contributed by atoms with van der Waals surface area (Å²) < 4.78 is 6.89. The van der Waals surface area contributed by atoms with Crippen molar-refractivity contribution in [3.05, 3.63) is 35.9 Å². The molecule has 15 heavy (non-hydrogen) atoms. The molecule has 0 saturated carbocycles. The largest absolute Gasteiger partial charge is 0.373 e. The lowest BCUT2D eigenvalue weighted by atomic mass is 10.1. The van der Waals surface area contributed by atoms with Gasteiger partial charge in [0.25, 0.3) is 0 Å². The first kappa shape index (κ1) is 13.0. The summed E-state index contributed by atoms with van der Waals surface area (Å²) in [6.45, 7) is 5.32. The van der Waals surface area contributed by atoms with Gasteiger partial charge in [-0.05, 0) is 17.9 Å². The van der Waals surface area contributed by atoms with E-state index in [9.17, 15) is 0 Å². The third-order valence-electron chi connectivity index (χ3n) is 2.33. The molecule has 1 unspecified atom stereocenters. The molecule has 1 nitrogen and oxygen atoms in total. The fourth-order valence-corrected chi connectivity index (χ4v) is 2.11. The number of halogens is 1. The van der Waals surface area contributed by atoms with Crippen molar-refractivity contribution in [2.45, 2.75) is 26.4 Å². The van der Waals surface area contributed by atoms with Crippen molar-refractivity contribution in [1.82, 2.24) is 0 Å². The van der Waals surface area contributed by atoms with Crippen molar-refractivity contribution in [2.24, 2.45) is 5.92 Å². The molecule has 0 spiro atoms. The number of alkyl halides is 1. The molecule has 84 valence electrons. The molecular formula is C13H19IO. The summed E-state index contributed by atoms with van der Waals surface area (Å²) in [4.78, 5) is 0. The van der Waals surface area contributed by atoms with Gasteiger partial charge in [-0.25, -0.2) is 0 Å². The van der Waals surface area contributed by atoms with Gasteiger partial charge in [0.05, 0.1) is 6.10 Å². The van der Waals surface area contributed by atoms with Gasteiger partial charge in [0.15, 0.2) is 0 Å². The molecule has 0 radical (unpaired) electrons. The second-order valence-electron chi connectivity index (χ2n) is 4.11. The molecule has 0 aliphatic heterocycles. The summed E-state index contributed by atoms with van der Waals surface area (Å²) in [6, 6.07) is 10.5. The average Bonchev–Trinajstić information content (AvgIpc) is 2.25. The van der Waals surface area contributed by atoms with Crippen LogP contribution in [0.4, 0.5) is 0 Å². The smallest absolute Gasteiger partial charge is 0.0914 e. The molecule has 1 atom stereocenters. The highest BCUT2D eigenvalue weighted by Crippen LogP contribution is 2.20. The number of benzene rings is 1. The van der Waals surface area contributed by atoms with Crippen LogP contribution in [0, 0.1) is 5.92 Å². The van der Waals surface area contributed by atoms with Crippen molar-refractivity contribution in [2.75, 3.05) is 11.0 Å². The SMILES string of the molecule is CC(C)CCOC(CI)c1ccccc1. The predicted octanol–water partition coefficient (Wildman–Crippen LogP) is 4.23. The van der Waals surface area contributed by atoms with Crippen molar-refractivity contribution in [1.29, 1.82) is 0 Å². The standard InChI is InChI=1S/C13H19IO/c1-11(2)8-9-15-13(10-14)12-6-4-3-5-7-12/h3-7,11,13H,8-10H2,1-2H3. The number of ether oxygens (including phenoxy) is 1. The summed E-state index contributed by atoms with van der Waals surface area (Å²) in [5.74, 6) is 0.718. The Morgan fingerprint density at radius 1 is 1.20 bits per heavy atom. The summed E-state index contributed by atoms with van der Waals surface area (Å²) in [7, 11) is 0. The molecule has 1 aromatic carbocycles. The fraction of sp³-hybridized carbons (Fsp3) is 0.538. The van der Waals surface area contributed by atoms with Gasteiger partial charge in [-0.15, -0.1) is 0 Å². The van der Waals surface area contributed by atoms with E-state index in [-0.39, 0.29) is 6.10 Å². The van der Waals surface area contributed by atoms with E-state index < -0.39 is 0 Å². The van der Waals surface area contributed by atoms with E-state index in [4.69, 9.17) is 4.74 Å². The highest BCUT2D eigenvalue weighted by molar-refractivity contribution is 14.1. The van der Waals surface area contributed by atoms with Crippen LogP contribution in [0.1, 0.15) is 31.9 Å². The maximum absolute atomic E-state index is 5.88. The van der Waals surface area contributed by atoms with Crippen LogP contribution in [0.2, 0.25) is 0 Å². The maximum Gasteiger partial charge on any atom is 0.0914 e. The first-order valence-corrected chi connectivity index (χ1v) is 6.99. The summed E-state index contributed by atoms with van der Waals surface area (Å²) >= 11 is 2.39. The van der Waals surface area contributed by atoms with Crippen molar-refractivity contribution in [3.63, 3.8) is 0 Å². The lowest BCUT2D eigenvalue weighted by Crippen LogP contribution is -2.08. The molecule has 0 heterocycles. The van der Waals surface area contributed by atoms with Crippen LogP contribution in [0.25, 0.3) is 0 Å². The lowest BCUT2D eigenvalue weighted by Gasteiger charge is -2.16. The van der Waals surface area contributed by atoms with E-state index in [1.165, 1.54) is 5.56 Å². The van der Waals surface area contributed by atoms with E-state index in [0.717, 1.165) is 23.4 Å². The van der Waals surface area contributed by atoms with E-state index in [1.807, 2.05) is 6.07 Å². The minimum absolute atomic E-state index is 0.255. The third-order valence-corrected chi connectivity index (χ3v) is 3.13. The van der Waals surface area contributed by atoms with Crippen molar-refractivity contribution in [3.8, 4) is 0 Å². The first-order chi connectivity index (χ1) is 7.24. The van der Waals surface area contributed by atoms with E-state index in [2.05, 4.69) is 60.7 Å². The Hall–Kier alpha value is -0.0900. The fourth-order valence-electron chi connectivity index (χ4n) is 1.34.